The summed E-state index contributed by atoms with van der Waals surface area (Å²) in [6.07, 6.45) is 5.30. The minimum atomic E-state index is -0.244. The number of allylic oxidation sites excluding steroid dienone is 2. The highest BCUT2D eigenvalue weighted by Gasteiger charge is 2.48. The number of esters is 1. The number of ether oxygens (including phenoxy) is 1. The van der Waals surface area contributed by atoms with E-state index in [9.17, 15) is 9.59 Å². The van der Waals surface area contributed by atoms with Crippen molar-refractivity contribution < 1.29 is 14.3 Å². The van der Waals surface area contributed by atoms with E-state index in [1.807, 2.05) is 22.6 Å². The second-order valence-electron chi connectivity index (χ2n) is 4.32. The van der Waals surface area contributed by atoms with E-state index in [1.165, 1.54) is 0 Å². The van der Waals surface area contributed by atoms with Crippen LogP contribution in [-0.2, 0) is 14.3 Å². The summed E-state index contributed by atoms with van der Waals surface area (Å²) in [4.78, 5) is 22.5. The zero-order valence-electron chi connectivity index (χ0n) is 9.56. The molecule has 0 aromatic rings. The van der Waals surface area contributed by atoms with Crippen LogP contribution in [0.2, 0.25) is 0 Å². The molecule has 0 amide bonds. The first-order valence-corrected chi connectivity index (χ1v) is 6.77. The average molecular weight is 354 g/mol. The SMILES string of the molecule is O=C[C@H]1C[C@@H](C#C/C=C/C#CI)[C@H]2C[C@@H]1C(=O)O2. The molecule has 0 unspecified atom stereocenters. The fourth-order valence-corrected chi connectivity index (χ4v) is 2.59. The second kappa shape index (κ2) is 6.06. The lowest BCUT2D eigenvalue weighted by Crippen LogP contribution is -2.30. The van der Waals surface area contributed by atoms with Crippen molar-refractivity contribution in [1.82, 2.24) is 0 Å². The maximum absolute atomic E-state index is 11.5. The van der Waals surface area contributed by atoms with Crippen LogP contribution in [0.1, 0.15) is 12.8 Å². The minimum Gasteiger partial charge on any atom is -0.461 e. The van der Waals surface area contributed by atoms with E-state index in [0.717, 1.165) is 6.29 Å². The van der Waals surface area contributed by atoms with E-state index >= 15 is 0 Å². The van der Waals surface area contributed by atoms with E-state index in [2.05, 4.69) is 21.7 Å². The van der Waals surface area contributed by atoms with Gasteiger partial charge in [0.1, 0.15) is 12.4 Å². The quantitative estimate of drug-likeness (QED) is 0.312. The molecule has 4 heteroatoms. The van der Waals surface area contributed by atoms with Crippen LogP contribution in [0.3, 0.4) is 0 Å². The van der Waals surface area contributed by atoms with Gasteiger partial charge in [-0.05, 0) is 28.9 Å². The maximum Gasteiger partial charge on any atom is 0.310 e. The van der Waals surface area contributed by atoms with Crippen molar-refractivity contribution in [2.24, 2.45) is 17.8 Å². The highest BCUT2D eigenvalue weighted by Crippen LogP contribution is 2.40. The van der Waals surface area contributed by atoms with E-state index in [0.29, 0.717) is 12.8 Å². The summed E-state index contributed by atoms with van der Waals surface area (Å²) in [6, 6.07) is 0. The third-order valence-corrected chi connectivity index (χ3v) is 3.61. The first-order chi connectivity index (χ1) is 8.76. The number of carbonyl (C=O) groups is 2. The van der Waals surface area contributed by atoms with Crippen molar-refractivity contribution in [3.63, 3.8) is 0 Å². The largest absolute Gasteiger partial charge is 0.461 e. The molecular weight excluding hydrogens is 343 g/mol. The Kier molecular flexibility index (Phi) is 4.43. The molecule has 4 atom stereocenters. The number of carbonyl (C=O) groups excluding carboxylic acids is 2. The fourth-order valence-electron chi connectivity index (χ4n) is 2.41. The molecule has 2 fully saturated rings. The minimum absolute atomic E-state index is 0.0416. The van der Waals surface area contributed by atoms with Crippen LogP contribution in [0.15, 0.2) is 12.2 Å². The summed E-state index contributed by atoms with van der Waals surface area (Å²) < 4.78 is 7.96. The van der Waals surface area contributed by atoms with Gasteiger partial charge in [0.25, 0.3) is 0 Å². The van der Waals surface area contributed by atoms with Gasteiger partial charge in [0.05, 0.1) is 11.8 Å². The summed E-state index contributed by atoms with van der Waals surface area (Å²) in [5.41, 5.74) is 0. The summed E-state index contributed by atoms with van der Waals surface area (Å²) >= 11 is 1.95. The van der Waals surface area contributed by atoms with E-state index in [1.54, 1.807) is 12.2 Å². The molecule has 0 aromatic heterocycles. The van der Waals surface area contributed by atoms with Gasteiger partial charge in [-0.25, -0.2) is 0 Å². The van der Waals surface area contributed by atoms with Crippen LogP contribution in [-0.4, -0.2) is 18.4 Å². The molecule has 1 aliphatic carbocycles. The average Bonchev–Trinajstić information content (AvgIpc) is 2.70. The fraction of sp³-hybridized carbons (Fsp3) is 0.429. The number of aldehydes is 1. The Morgan fingerprint density at radius 3 is 2.78 bits per heavy atom. The van der Waals surface area contributed by atoms with Crippen LogP contribution in [0.4, 0.5) is 0 Å². The summed E-state index contributed by atoms with van der Waals surface area (Å²) in [7, 11) is 0. The summed E-state index contributed by atoms with van der Waals surface area (Å²) in [5.74, 6) is 7.93. The van der Waals surface area contributed by atoms with E-state index in [-0.39, 0.29) is 29.8 Å². The third kappa shape index (κ3) is 2.76. The van der Waals surface area contributed by atoms with Gasteiger partial charge < -0.3 is 9.53 Å². The second-order valence-corrected chi connectivity index (χ2v) is 4.86. The molecule has 2 rings (SSSR count). The summed E-state index contributed by atoms with van der Waals surface area (Å²) in [6.45, 7) is 0. The molecule has 18 heavy (non-hydrogen) atoms. The Labute approximate surface area is 119 Å². The molecule has 0 N–H and O–H groups in total. The van der Waals surface area contributed by atoms with Gasteiger partial charge in [-0.2, -0.15) is 0 Å². The molecule has 1 saturated carbocycles. The molecule has 0 spiro atoms. The smallest absolute Gasteiger partial charge is 0.310 e. The van der Waals surface area contributed by atoms with Crippen molar-refractivity contribution in [3.05, 3.63) is 12.2 Å². The number of halogens is 1. The Hall–Kier alpha value is -1.27. The molecule has 1 heterocycles. The number of hydrogen-bond acceptors (Lipinski definition) is 3. The molecule has 0 aromatic carbocycles. The van der Waals surface area contributed by atoms with E-state index in [4.69, 9.17) is 4.74 Å². The monoisotopic (exact) mass is 354 g/mol. The van der Waals surface area contributed by atoms with Crippen molar-refractivity contribution in [2.75, 3.05) is 0 Å². The van der Waals surface area contributed by atoms with Crippen molar-refractivity contribution >= 4 is 34.8 Å². The zero-order chi connectivity index (χ0) is 13.0. The van der Waals surface area contributed by atoms with Crippen molar-refractivity contribution in [3.8, 4) is 21.7 Å². The molecule has 1 aliphatic heterocycles. The van der Waals surface area contributed by atoms with E-state index < -0.39 is 0 Å². The lowest BCUT2D eigenvalue weighted by molar-refractivity contribution is -0.145. The lowest BCUT2D eigenvalue weighted by atomic mass is 9.75. The predicted molar refractivity (Wildman–Crippen MR) is 74.4 cm³/mol. The Morgan fingerprint density at radius 1 is 1.28 bits per heavy atom. The van der Waals surface area contributed by atoms with Crippen LogP contribution in [0.5, 0.6) is 0 Å². The Bertz CT molecular complexity index is 501. The molecule has 3 nitrogen and oxygen atoms in total. The number of hydrogen-bond donors (Lipinski definition) is 0. The predicted octanol–water partition coefficient (Wildman–Crippen LogP) is 1.71. The van der Waals surface area contributed by atoms with Gasteiger partial charge in [0.2, 0.25) is 0 Å². The lowest BCUT2D eigenvalue weighted by Gasteiger charge is -2.25. The molecule has 0 radical (unpaired) electrons. The van der Waals surface area contributed by atoms with Gasteiger partial charge in [0, 0.05) is 28.5 Å². The van der Waals surface area contributed by atoms with Gasteiger partial charge in [0.15, 0.2) is 0 Å². The molecule has 92 valence electrons. The Morgan fingerprint density at radius 2 is 2.06 bits per heavy atom. The molecular formula is C14H11IO3. The molecule has 1 saturated heterocycles. The topological polar surface area (TPSA) is 43.4 Å². The Balaban J connectivity index is 2.07. The third-order valence-electron chi connectivity index (χ3n) is 3.30. The highest BCUT2D eigenvalue weighted by molar-refractivity contribution is 14.1. The van der Waals surface area contributed by atoms with Gasteiger partial charge in [-0.3, -0.25) is 4.79 Å². The maximum atomic E-state index is 11.5. The van der Waals surface area contributed by atoms with Crippen LogP contribution < -0.4 is 0 Å². The highest BCUT2D eigenvalue weighted by atomic mass is 127. The zero-order valence-corrected chi connectivity index (χ0v) is 11.7. The molecule has 2 bridgehead atoms. The first kappa shape index (κ1) is 13.2. The summed E-state index contributed by atoms with van der Waals surface area (Å²) in [5, 5.41) is 0. The van der Waals surface area contributed by atoms with Gasteiger partial charge in [-0.15, -0.1) is 0 Å². The van der Waals surface area contributed by atoms with Gasteiger partial charge >= 0.3 is 5.97 Å². The standard InChI is InChI=1S/C14H11IO3/c15-6-4-2-1-3-5-10-7-11(9-16)12-8-13(10)18-14(12)17/h1-2,9-13H,7-8H2/b2-1+/t10-,11-,12+,13-/m1/s1. The molecule has 2 aliphatic rings. The normalized spacial score (nSPS) is 33.1. The number of fused-ring (bicyclic) bond motifs is 2. The van der Waals surface area contributed by atoms with Crippen LogP contribution in [0, 0.1) is 39.4 Å². The number of rotatable bonds is 1. The van der Waals surface area contributed by atoms with Crippen LogP contribution in [0.25, 0.3) is 0 Å². The first-order valence-electron chi connectivity index (χ1n) is 5.69. The van der Waals surface area contributed by atoms with Crippen LogP contribution >= 0.6 is 22.6 Å². The van der Waals surface area contributed by atoms with Gasteiger partial charge in [-0.1, -0.05) is 17.8 Å². The van der Waals surface area contributed by atoms with Crippen molar-refractivity contribution in [2.45, 2.75) is 18.9 Å². The van der Waals surface area contributed by atoms with Crippen molar-refractivity contribution in [1.29, 1.82) is 0 Å².